The predicted molar refractivity (Wildman–Crippen MR) is 87.3 cm³/mol. The fraction of sp³-hybridized carbons (Fsp3) is 0.500. The minimum Gasteiger partial charge on any atom is -0.373 e. The third kappa shape index (κ3) is 3.45. The molecule has 1 aromatic heterocycles. The second kappa shape index (κ2) is 6.46. The molecule has 0 spiro atoms. The summed E-state index contributed by atoms with van der Waals surface area (Å²) in [6.45, 7) is 7.70. The summed E-state index contributed by atoms with van der Waals surface area (Å²) in [7, 11) is 0. The fourth-order valence-corrected chi connectivity index (χ4v) is 2.97. The van der Waals surface area contributed by atoms with Gasteiger partial charge in [0.25, 0.3) is 5.56 Å². The molecule has 118 valence electrons. The van der Waals surface area contributed by atoms with Gasteiger partial charge in [-0.3, -0.25) is 14.7 Å². The summed E-state index contributed by atoms with van der Waals surface area (Å²) >= 11 is 0. The second-order valence-corrected chi connectivity index (χ2v) is 5.88. The van der Waals surface area contributed by atoms with Crippen LogP contribution in [0.25, 0.3) is 10.9 Å². The average Bonchev–Trinajstić information content (AvgIpc) is 2.46. The number of nitrogens with zero attached hydrogens (tertiary/aromatic N) is 2. The number of aromatic nitrogens is 2. The maximum Gasteiger partial charge on any atom is 0.260 e. The Morgan fingerprint density at radius 1 is 1.32 bits per heavy atom. The lowest BCUT2D eigenvalue weighted by molar-refractivity contribution is -0.0667. The molecular weight excluding hydrogens is 280 g/mol. The van der Waals surface area contributed by atoms with Crippen LogP contribution in [0.4, 0.5) is 5.95 Å². The van der Waals surface area contributed by atoms with Crippen molar-refractivity contribution in [3.8, 4) is 0 Å². The monoisotopic (exact) mass is 302 g/mol. The summed E-state index contributed by atoms with van der Waals surface area (Å²) in [5, 5.41) is 3.82. The lowest BCUT2D eigenvalue weighted by atomic mass is 10.2. The number of anilines is 1. The van der Waals surface area contributed by atoms with E-state index in [4.69, 9.17) is 4.74 Å². The minimum absolute atomic E-state index is 0.110. The third-order valence-electron chi connectivity index (χ3n) is 3.83. The van der Waals surface area contributed by atoms with E-state index in [0.29, 0.717) is 16.9 Å². The first-order valence-corrected chi connectivity index (χ1v) is 7.72. The smallest absolute Gasteiger partial charge is 0.260 e. The van der Waals surface area contributed by atoms with E-state index in [-0.39, 0.29) is 17.8 Å². The van der Waals surface area contributed by atoms with Crippen LogP contribution in [0.3, 0.4) is 0 Å². The van der Waals surface area contributed by atoms with Gasteiger partial charge in [0.15, 0.2) is 0 Å². The first-order valence-electron chi connectivity index (χ1n) is 7.72. The Bertz CT molecular complexity index is 690. The number of hydrogen-bond donors (Lipinski definition) is 2. The van der Waals surface area contributed by atoms with Crippen LogP contribution < -0.4 is 10.9 Å². The molecule has 2 aromatic rings. The van der Waals surface area contributed by atoms with Gasteiger partial charge in [0.2, 0.25) is 5.95 Å². The summed E-state index contributed by atoms with van der Waals surface area (Å²) in [5.74, 6) is 0.526. The van der Waals surface area contributed by atoms with Crippen molar-refractivity contribution in [2.75, 3.05) is 31.5 Å². The fourth-order valence-electron chi connectivity index (χ4n) is 2.97. The molecule has 6 nitrogen and oxygen atoms in total. The summed E-state index contributed by atoms with van der Waals surface area (Å²) in [6, 6.07) is 7.35. The van der Waals surface area contributed by atoms with Crippen LogP contribution >= 0.6 is 0 Å². The van der Waals surface area contributed by atoms with Gasteiger partial charge in [-0.05, 0) is 26.0 Å². The van der Waals surface area contributed by atoms with Gasteiger partial charge in [-0.15, -0.1) is 0 Å². The Morgan fingerprint density at radius 2 is 2.05 bits per heavy atom. The third-order valence-corrected chi connectivity index (χ3v) is 3.83. The van der Waals surface area contributed by atoms with Crippen molar-refractivity contribution in [3.05, 3.63) is 34.6 Å². The van der Waals surface area contributed by atoms with Crippen molar-refractivity contribution in [1.82, 2.24) is 14.9 Å². The normalized spacial score (nSPS) is 22.8. The highest BCUT2D eigenvalue weighted by atomic mass is 16.5. The topological polar surface area (TPSA) is 70.2 Å². The number of H-pyrrole nitrogens is 1. The molecule has 1 aliphatic rings. The van der Waals surface area contributed by atoms with Crippen molar-refractivity contribution in [2.45, 2.75) is 26.1 Å². The lowest BCUT2D eigenvalue weighted by Gasteiger charge is -2.35. The molecule has 0 amide bonds. The second-order valence-electron chi connectivity index (χ2n) is 5.88. The maximum absolute atomic E-state index is 12.0. The summed E-state index contributed by atoms with van der Waals surface area (Å²) in [5.41, 5.74) is 0.601. The largest absolute Gasteiger partial charge is 0.373 e. The summed E-state index contributed by atoms with van der Waals surface area (Å²) in [4.78, 5) is 21.6. The van der Waals surface area contributed by atoms with Gasteiger partial charge in [0.05, 0.1) is 23.1 Å². The van der Waals surface area contributed by atoms with Crippen molar-refractivity contribution in [1.29, 1.82) is 0 Å². The van der Waals surface area contributed by atoms with E-state index in [9.17, 15) is 4.79 Å². The van der Waals surface area contributed by atoms with E-state index in [1.54, 1.807) is 6.07 Å². The standard InChI is InChI=1S/C16H22N4O2/c1-11-9-20(10-12(2)22-11)8-7-17-16-18-14-6-4-3-5-13(14)15(21)19-16/h3-6,11-12H,7-10H2,1-2H3,(H2,17,18,19,21). The molecule has 1 saturated heterocycles. The van der Waals surface area contributed by atoms with Crippen LogP contribution in [0.2, 0.25) is 0 Å². The van der Waals surface area contributed by atoms with Crippen LogP contribution in [-0.2, 0) is 4.74 Å². The van der Waals surface area contributed by atoms with Gasteiger partial charge in [-0.1, -0.05) is 12.1 Å². The lowest BCUT2D eigenvalue weighted by Crippen LogP contribution is -2.46. The minimum atomic E-state index is -0.110. The number of ether oxygens (including phenoxy) is 1. The molecule has 2 unspecified atom stereocenters. The number of hydrogen-bond acceptors (Lipinski definition) is 5. The number of rotatable bonds is 4. The number of nitrogens with one attached hydrogen (secondary N) is 2. The number of fused-ring (bicyclic) bond motifs is 1. The molecule has 0 saturated carbocycles. The molecule has 1 aromatic carbocycles. The molecule has 1 fully saturated rings. The van der Waals surface area contributed by atoms with Gasteiger partial charge < -0.3 is 10.1 Å². The van der Waals surface area contributed by atoms with Crippen molar-refractivity contribution in [3.63, 3.8) is 0 Å². The first kappa shape index (κ1) is 15.0. The molecule has 1 aliphatic heterocycles. The van der Waals surface area contributed by atoms with Gasteiger partial charge in [-0.25, -0.2) is 4.98 Å². The SMILES string of the molecule is CC1CN(CCNc2nc3ccccc3c(=O)[nH]2)CC(C)O1. The maximum atomic E-state index is 12.0. The molecule has 2 atom stereocenters. The molecular formula is C16H22N4O2. The van der Waals surface area contributed by atoms with E-state index in [2.05, 4.69) is 34.0 Å². The molecule has 22 heavy (non-hydrogen) atoms. The van der Waals surface area contributed by atoms with Crippen molar-refractivity contribution < 1.29 is 4.74 Å². The summed E-state index contributed by atoms with van der Waals surface area (Å²) < 4.78 is 5.72. The zero-order chi connectivity index (χ0) is 15.5. The molecule has 3 rings (SSSR count). The van der Waals surface area contributed by atoms with E-state index in [1.807, 2.05) is 18.2 Å². The van der Waals surface area contributed by atoms with Gasteiger partial charge >= 0.3 is 0 Å². The molecule has 2 heterocycles. The van der Waals surface area contributed by atoms with Crippen molar-refractivity contribution >= 4 is 16.9 Å². The van der Waals surface area contributed by atoms with Crippen LogP contribution in [0.15, 0.2) is 29.1 Å². The number of para-hydroxylation sites is 1. The Balaban J connectivity index is 1.61. The molecule has 0 radical (unpaired) electrons. The number of aromatic amines is 1. The van der Waals surface area contributed by atoms with E-state index in [1.165, 1.54) is 0 Å². The molecule has 0 bridgehead atoms. The van der Waals surface area contributed by atoms with Crippen LogP contribution in [-0.4, -0.2) is 53.3 Å². The van der Waals surface area contributed by atoms with Gasteiger partial charge in [0, 0.05) is 26.2 Å². The number of morpholine rings is 1. The van der Waals surface area contributed by atoms with Gasteiger partial charge in [-0.2, -0.15) is 0 Å². The average molecular weight is 302 g/mol. The summed E-state index contributed by atoms with van der Waals surface area (Å²) in [6.07, 6.45) is 0.532. The Labute approximate surface area is 129 Å². The molecule has 6 heteroatoms. The predicted octanol–water partition coefficient (Wildman–Crippen LogP) is 1.44. The van der Waals surface area contributed by atoms with Gasteiger partial charge in [0.1, 0.15) is 0 Å². The highest BCUT2D eigenvalue weighted by Crippen LogP contribution is 2.10. The molecule has 2 N–H and O–H groups in total. The Hall–Kier alpha value is -1.92. The van der Waals surface area contributed by atoms with E-state index in [0.717, 1.165) is 26.2 Å². The Kier molecular flexibility index (Phi) is 4.40. The highest BCUT2D eigenvalue weighted by molar-refractivity contribution is 5.78. The van der Waals surface area contributed by atoms with Crippen LogP contribution in [0, 0.1) is 0 Å². The first-order chi connectivity index (χ1) is 10.6. The van der Waals surface area contributed by atoms with E-state index < -0.39 is 0 Å². The zero-order valence-electron chi connectivity index (χ0n) is 13.0. The Morgan fingerprint density at radius 3 is 2.82 bits per heavy atom. The molecule has 0 aliphatic carbocycles. The van der Waals surface area contributed by atoms with Crippen LogP contribution in [0.1, 0.15) is 13.8 Å². The van der Waals surface area contributed by atoms with E-state index >= 15 is 0 Å². The highest BCUT2D eigenvalue weighted by Gasteiger charge is 2.21. The quantitative estimate of drug-likeness (QED) is 0.894. The number of benzene rings is 1. The zero-order valence-corrected chi connectivity index (χ0v) is 13.0. The van der Waals surface area contributed by atoms with Crippen molar-refractivity contribution in [2.24, 2.45) is 0 Å². The van der Waals surface area contributed by atoms with Crippen LogP contribution in [0.5, 0.6) is 0 Å².